The summed E-state index contributed by atoms with van der Waals surface area (Å²) in [6.07, 6.45) is 3.29. The van der Waals surface area contributed by atoms with Crippen LogP contribution < -0.4 is 0 Å². The molecule has 6 aliphatic rings. The van der Waals surface area contributed by atoms with Crippen molar-refractivity contribution in [2.75, 3.05) is 34.4 Å². The van der Waals surface area contributed by atoms with Gasteiger partial charge in [-0.15, -0.1) is 0 Å². The minimum atomic E-state index is -0.956. The van der Waals surface area contributed by atoms with E-state index in [0.29, 0.717) is 12.3 Å². The molecule has 0 aromatic carbocycles. The maximum atomic E-state index is 12.5. The summed E-state index contributed by atoms with van der Waals surface area (Å²) in [5.41, 5.74) is -0.880. The lowest BCUT2D eigenvalue weighted by molar-refractivity contribution is -0.270. The first-order valence-electron chi connectivity index (χ1n) is 12.1. The van der Waals surface area contributed by atoms with E-state index < -0.39 is 11.7 Å². The standard InChI is InChI=1S/C24H39NO5/c1-6-25-11-22(2)8-7-15(29-4)24-13-9-12-14(28-3)10-23(27,16(13)18(12)26)17(21(24)25)19(30-5)20(22)24/h12-21,26-27H,6-11H2,1-5H3/t12-,13-,14+,15?,16-,17+,18+,19+,20-,21-,22+,23-,24+/m1/s1. The molecule has 2 N–H and O–H groups in total. The summed E-state index contributed by atoms with van der Waals surface area (Å²) in [4.78, 5) is 2.65. The quantitative estimate of drug-likeness (QED) is 0.717. The second kappa shape index (κ2) is 6.21. The number of likely N-dealkylation sites (tertiary alicyclic amines) is 1. The lowest BCUT2D eigenvalue weighted by Crippen LogP contribution is -2.75. The van der Waals surface area contributed by atoms with Crippen molar-refractivity contribution >= 4 is 0 Å². The minimum absolute atomic E-state index is 0.00800. The van der Waals surface area contributed by atoms with Crippen molar-refractivity contribution in [3.05, 3.63) is 0 Å². The molecule has 1 unspecified atom stereocenters. The highest BCUT2D eigenvalue weighted by atomic mass is 16.5. The summed E-state index contributed by atoms with van der Waals surface area (Å²) in [7, 11) is 5.45. The zero-order valence-electron chi connectivity index (χ0n) is 19.1. The van der Waals surface area contributed by atoms with Gasteiger partial charge in [0, 0.05) is 69.4 Å². The van der Waals surface area contributed by atoms with Gasteiger partial charge in [0.05, 0.1) is 30.0 Å². The Balaban J connectivity index is 1.64. The fourth-order valence-electron chi connectivity index (χ4n) is 10.7. The van der Waals surface area contributed by atoms with Gasteiger partial charge in [0.2, 0.25) is 0 Å². The average molecular weight is 422 g/mol. The third kappa shape index (κ3) is 1.92. The van der Waals surface area contributed by atoms with E-state index in [1.165, 1.54) is 0 Å². The van der Waals surface area contributed by atoms with Crippen LogP contribution in [-0.2, 0) is 14.2 Å². The number of ether oxygens (including phenoxy) is 3. The van der Waals surface area contributed by atoms with Gasteiger partial charge in [-0.05, 0) is 37.1 Å². The third-order valence-corrected chi connectivity index (χ3v) is 11.2. The van der Waals surface area contributed by atoms with E-state index >= 15 is 0 Å². The Hall–Kier alpha value is -0.240. The second-order valence-electron chi connectivity index (χ2n) is 11.6. The van der Waals surface area contributed by atoms with E-state index in [9.17, 15) is 10.2 Å². The molecular formula is C24H39NO5. The lowest BCUT2D eigenvalue weighted by atomic mass is 9.43. The van der Waals surface area contributed by atoms with E-state index in [-0.39, 0.29) is 58.9 Å². The minimum Gasteiger partial charge on any atom is -0.392 e. The summed E-state index contributed by atoms with van der Waals surface area (Å²) >= 11 is 0. The smallest absolute Gasteiger partial charge is 0.0796 e. The van der Waals surface area contributed by atoms with Crippen LogP contribution in [0.3, 0.4) is 0 Å². The zero-order valence-corrected chi connectivity index (χ0v) is 19.1. The molecule has 1 aliphatic heterocycles. The van der Waals surface area contributed by atoms with Crippen LogP contribution in [0, 0.1) is 40.4 Å². The summed E-state index contributed by atoms with van der Waals surface area (Å²) in [5, 5.41) is 24.0. The van der Waals surface area contributed by atoms with Crippen LogP contribution >= 0.6 is 0 Å². The predicted octanol–water partition coefficient (Wildman–Crippen LogP) is 1.53. The highest BCUT2D eigenvalue weighted by molar-refractivity contribution is 5.35. The van der Waals surface area contributed by atoms with E-state index in [0.717, 1.165) is 32.4 Å². The fourth-order valence-corrected chi connectivity index (χ4v) is 10.7. The molecule has 0 aromatic rings. The van der Waals surface area contributed by atoms with E-state index in [1.807, 2.05) is 14.2 Å². The van der Waals surface area contributed by atoms with Gasteiger partial charge < -0.3 is 24.4 Å². The molecule has 170 valence electrons. The molecule has 1 spiro atoms. The van der Waals surface area contributed by atoms with E-state index in [4.69, 9.17) is 14.2 Å². The normalized spacial score (nSPS) is 63.3. The van der Waals surface area contributed by atoms with Gasteiger partial charge >= 0.3 is 0 Å². The van der Waals surface area contributed by atoms with E-state index in [2.05, 4.69) is 18.7 Å². The molecule has 6 heteroatoms. The molecule has 0 aromatic heterocycles. The van der Waals surface area contributed by atoms with Crippen LogP contribution in [0.4, 0.5) is 0 Å². The van der Waals surface area contributed by atoms with Crippen LogP contribution in [0.15, 0.2) is 0 Å². The number of piperidine rings is 1. The van der Waals surface area contributed by atoms with Gasteiger partial charge in [0.15, 0.2) is 0 Å². The van der Waals surface area contributed by atoms with Crippen molar-refractivity contribution in [3.63, 3.8) is 0 Å². The van der Waals surface area contributed by atoms with Crippen LogP contribution in [0.2, 0.25) is 0 Å². The van der Waals surface area contributed by atoms with Crippen molar-refractivity contribution in [1.29, 1.82) is 0 Å². The van der Waals surface area contributed by atoms with Gasteiger partial charge in [0.1, 0.15) is 0 Å². The molecule has 5 saturated carbocycles. The number of fused-ring (bicyclic) bond motifs is 2. The van der Waals surface area contributed by atoms with Crippen LogP contribution in [-0.4, -0.2) is 85.6 Å². The summed E-state index contributed by atoms with van der Waals surface area (Å²) in [6, 6.07) is 0.239. The topological polar surface area (TPSA) is 71.4 Å². The molecule has 6 rings (SSSR count). The lowest BCUT2D eigenvalue weighted by Gasteiger charge is -2.68. The van der Waals surface area contributed by atoms with Crippen molar-refractivity contribution in [2.24, 2.45) is 40.4 Å². The van der Waals surface area contributed by atoms with Crippen molar-refractivity contribution in [3.8, 4) is 0 Å². The number of rotatable bonds is 4. The largest absolute Gasteiger partial charge is 0.392 e. The first-order chi connectivity index (χ1) is 14.3. The molecule has 6 fully saturated rings. The third-order valence-electron chi connectivity index (χ3n) is 11.2. The Morgan fingerprint density at radius 1 is 1.10 bits per heavy atom. The maximum Gasteiger partial charge on any atom is 0.0796 e. The Bertz CT molecular complexity index is 734. The van der Waals surface area contributed by atoms with Crippen LogP contribution in [0.1, 0.15) is 39.5 Å². The average Bonchev–Trinajstić information content (AvgIpc) is 3.14. The van der Waals surface area contributed by atoms with Gasteiger partial charge in [0.25, 0.3) is 0 Å². The SMILES string of the molecule is CCN1C[C@]2(C)CCC(OC)[C@@]34[C@@H]5C[C@H]6[C@H](O)[C@@H]5[C@](O)(C[C@@H]6OC)[C@@H]([C@H](OC)[C@H]23)[C@@H]14. The predicted molar refractivity (Wildman–Crippen MR) is 111 cm³/mol. The first kappa shape index (κ1) is 20.4. The fraction of sp³-hybridized carbons (Fsp3) is 1.00. The monoisotopic (exact) mass is 421 g/mol. The van der Waals surface area contributed by atoms with Gasteiger partial charge in [-0.25, -0.2) is 0 Å². The molecule has 6 nitrogen and oxygen atoms in total. The highest BCUT2D eigenvalue weighted by Crippen LogP contribution is 2.79. The Kier molecular flexibility index (Phi) is 4.21. The summed E-state index contributed by atoms with van der Waals surface area (Å²) in [5.74, 6) is 0.597. The first-order valence-corrected chi connectivity index (χ1v) is 12.1. The summed E-state index contributed by atoms with van der Waals surface area (Å²) in [6.45, 7) is 6.76. The highest BCUT2D eigenvalue weighted by Gasteiger charge is 2.85. The van der Waals surface area contributed by atoms with Crippen molar-refractivity contribution < 1.29 is 24.4 Å². The molecule has 1 heterocycles. The van der Waals surface area contributed by atoms with Crippen molar-refractivity contribution in [2.45, 2.75) is 75.6 Å². The molecule has 30 heavy (non-hydrogen) atoms. The van der Waals surface area contributed by atoms with Crippen molar-refractivity contribution in [1.82, 2.24) is 4.90 Å². The molecule has 7 bridgehead atoms. The number of hydrogen-bond donors (Lipinski definition) is 2. The van der Waals surface area contributed by atoms with Gasteiger partial charge in [-0.2, -0.15) is 0 Å². The Labute approximate surface area is 180 Å². The molecule has 0 amide bonds. The summed E-state index contributed by atoms with van der Waals surface area (Å²) < 4.78 is 18.5. The molecular weight excluding hydrogens is 382 g/mol. The number of hydrogen-bond acceptors (Lipinski definition) is 6. The van der Waals surface area contributed by atoms with Crippen LogP contribution in [0.25, 0.3) is 0 Å². The Morgan fingerprint density at radius 2 is 1.87 bits per heavy atom. The number of methoxy groups -OCH3 is 3. The van der Waals surface area contributed by atoms with Gasteiger partial charge in [-0.3, -0.25) is 4.90 Å². The number of aliphatic hydroxyl groups is 2. The number of nitrogens with zero attached hydrogens (tertiary/aromatic N) is 1. The van der Waals surface area contributed by atoms with E-state index in [1.54, 1.807) is 7.11 Å². The maximum absolute atomic E-state index is 12.5. The zero-order chi connectivity index (χ0) is 21.2. The molecule has 13 atom stereocenters. The number of aliphatic hydroxyl groups excluding tert-OH is 1. The molecule has 5 aliphatic carbocycles. The molecule has 1 saturated heterocycles. The van der Waals surface area contributed by atoms with Gasteiger partial charge in [-0.1, -0.05) is 13.8 Å². The molecule has 0 radical (unpaired) electrons. The Morgan fingerprint density at radius 3 is 2.50 bits per heavy atom. The van der Waals surface area contributed by atoms with Crippen LogP contribution in [0.5, 0.6) is 0 Å². The second-order valence-corrected chi connectivity index (χ2v) is 11.6.